The van der Waals surface area contributed by atoms with E-state index in [1.807, 2.05) is 7.05 Å². The van der Waals surface area contributed by atoms with E-state index in [1.165, 1.54) is 24.8 Å². The third kappa shape index (κ3) is 7.52. The molecule has 2 aliphatic rings. The molecule has 158 valence electrons. The zero-order valence-corrected chi connectivity index (χ0v) is 19.8. The lowest BCUT2D eigenvalue weighted by atomic mass is 9.90. The highest BCUT2D eigenvalue weighted by Gasteiger charge is 2.22. The summed E-state index contributed by atoms with van der Waals surface area (Å²) in [5, 5.41) is 3.61. The van der Waals surface area contributed by atoms with Crippen molar-refractivity contribution in [3.63, 3.8) is 0 Å². The number of ether oxygens (including phenoxy) is 1. The number of aliphatic imine (C=N–C) groups is 1. The number of benzene rings is 1. The molecule has 1 N–H and O–H groups in total. The molecule has 1 aromatic rings. The van der Waals surface area contributed by atoms with Crippen molar-refractivity contribution < 1.29 is 4.74 Å². The molecule has 5 nitrogen and oxygen atoms in total. The van der Waals surface area contributed by atoms with Crippen molar-refractivity contribution in [2.24, 2.45) is 16.8 Å². The number of rotatable bonds is 6. The fourth-order valence-electron chi connectivity index (χ4n) is 4.18. The number of hydrogen-bond donors (Lipinski definition) is 1. The highest BCUT2D eigenvalue weighted by atomic mass is 127. The van der Waals surface area contributed by atoms with Gasteiger partial charge in [-0.25, -0.2) is 0 Å². The fourth-order valence-corrected chi connectivity index (χ4v) is 4.18. The van der Waals surface area contributed by atoms with Gasteiger partial charge in [-0.15, -0.1) is 24.0 Å². The molecule has 1 atom stereocenters. The Labute approximate surface area is 187 Å². The van der Waals surface area contributed by atoms with E-state index < -0.39 is 0 Å². The first kappa shape index (κ1) is 23.4. The van der Waals surface area contributed by atoms with Crippen molar-refractivity contribution in [3.05, 3.63) is 35.9 Å². The lowest BCUT2D eigenvalue weighted by molar-refractivity contribution is 0.0320. The van der Waals surface area contributed by atoms with E-state index in [9.17, 15) is 0 Å². The molecule has 28 heavy (non-hydrogen) atoms. The molecule has 0 bridgehead atoms. The number of hydrogen-bond acceptors (Lipinski definition) is 3. The van der Waals surface area contributed by atoms with Gasteiger partial charge in [0.05, 0.1) is 13.2 Å². The van der Waals surface area contributed by atoms with E-state index in [4.69, 9.17) is 4.74 Å². The molecule has 2 saturated heterocycles. The molecule has 1 aromatic carbocycles. The van der Waals surface area contributed by atoms with Gasteiger partial charge in [-0.2, -0.15) is 0 Å². The second-order valence-electron chi connectivity index (χ2n) is 8.07. The number of morpholine rings is 1. The lowest BCUT2D eigenvalue weighted by Crippen LogP contribution is -2.48. The lowest BCUT2D eigenvalue weighted by Gasteiger charge is -2.35. The quantitative estimate of drug-likeness (QED) is 0.370. The molecule has 0 aliphatic carbocycles. The largest absolute Gasteiger partial charge is 0.379 e. The fraction of sp³-hybridized carbons (Fsp3) is 0.682. The van der Waals surface area contributed by atoms with E-state index in [1.54, 1.807) is 0 Å². The Morgan fingerprint density at radius 2 is 1.82 bits per heavy atom. The van der Waals surface area contributed by atoms with E-state index in [0.717, 1.165) is 64.4 Å². The highest BCUT2D eigenvalue weighted by molar-refractivity contribution is 14.0. The number of piperidine rings is 1. The Bertz CT molecular complexity index is 569. The van der Waals surface area contributed by atoms with Crippen LogP contribution in [0.5, 0.6) is 0 Å². The summed E-state index contributed by atoms with van der Waals surface area (Å²) in [5.74, 6) is 2.47. The summed E-state index contributed by atoms with van der Waals surface area (Å²) in [6.45, 7) is 10.5. The molecule has 2 fully saturated rings. The van der Waals surface area contributed by atoms with Crippen LogP contribution in [-0.2, 0) is 11.2 Å². The van der Waals surface area contributed by atoms with Crippen molar-refractivity contribution in [2.75, 3.05) is 59.5 Å². The van der Waals surface area contributed by atoms with Crippen LogP contribution in [0.25, 0.3) is 0 Å². The predicted octanol–water partition coefficient (Wildman–Crippen LogP) is 3.10. The normalized spacial score (nSPS) is 20.5. The first-order valence-corrected chi connectivity index (χ1v) is 10.5. The summed E-state index contributed by atoms with van der Waals surface area (Å²) in [7, 11) is 1.91. The molecule has 3 rings (SSSR count). The Kier molecular flexibility index (Phi) is 10.6. The molecular weight excluding hydrogens is 463 g/mol. The maximum absolute atomic E-state index is 5.44. The summed E-state index contributed by atoms with van der Waals surface area (Å²) in [6.07, 6.45) is 3.70. The SMILES string of the molecule is CN=C(NCC(C)CN1CCOCC1)N1CCC(Cc2ccccc2)CC1.I. The van der Waals surface area contributed by atoms with Gasteiger partial charge in [0.15, 0.2) is 5.96 Å². The third-order valence-electron chi connectivity index (χ3n) is 5.78. The minimum absolute atomic E-state index is 0. The molecule has 1 unspecified atom stereocenters. The minimum Gasteiger partial charge on any atom is -0.379 e. The van der Waals surface area contributed by atoms with Crippen LogP contribution in [-0.4, -0.2) is 75.3 Å². The van der Waals surface area contributed by atoms with E-state index in [0.29, 0.717) is 5.92 Å². The Morgan fingerprint density at radius 3 is 2.46 bits per heavy atom. The number of likely N-dealkylation sites (tertiary alicyclic amines) is 1. The second-order valence-corrected chi connectivity index (χ2v) is 8.07. The van der Waals surface area contributed by atoms with Crippen molar-refractivity contribution in [3.8, 4) is 0 Å². The van der Waals surface area contributed by atoms with Crippen LogP contribution >= 0.6 is 24.0 Å². The number of guanidine groups is 1. The molecule has 0 spiro atoms. The second kappa shape index (κ2) is 12.6. The Hall–Kier alpha value is -0.860. The third-order valence-corrected chi connectivity index (χ3v) is 5.78. The van der Waals surface area contributed by atoms with Crippen molar-refractivity contribution in [1.82, 2.24) is 15.1 Å². The number of nitrogens with zero attached hydrogens (tertiary/aromatic N) is 3. The van der Waals surface area contributed by atoms with Crippen molar-refractivity contribution in [2.45, 2.75) is 26.2 Å². The Morgan fingerprint density at radius 1 is 1.14 bits per heavy atom. The molecule has 0 aromatic heterocycles. The van der Waals surface area contributed by atoms with Gasteiger partial charge in [0.2, 0.25) is 0 Å². The number of nitrogens with one attached hydrogen (secondary N) is 1. The van der Waals surface area contributed by atoms with Crippen molar-refractivity contribution >= 4 is 29.9 Å². The van der Waals surface area contributed by atoms with E-state index >= 15 is 0 Å². The molecule has 2 heterocycles. The predicted molar refractivity (Wildman–Crippen MR) is 128 cm³/mol. The molecular formula is C22H37IN4O. The van der Waals surface area contributed by atoms with Gasteiger partial charge in [0.25, 0.3) is 0 Å². The highest BCUT2D eigenvalue weighted by Crippen LogP contribution is 2.21. The minimum atomic E-state index is 0. The monoisotopic (exact) mass is 500 g/mol. The van der Waals surface area contributed by atoms with Crippen LogP contribution in [0.4, 0.5) is 0 Å². The van der Waals surface area contributed by atoms with Crippen LogP contribution in [0.2, 0.25) is 0 Å². The zero-order chi connectivity index (χ0) is 18.9. The smallest absolute Gasteiger partial charge is 0.193 e. The van der Waals surface area contributed by atoms with E-state index in [-0.39, 0.29) is 24.0 Å². The van der Waals surface area contributed by atoms with Crippen LogP contribution in [0.1, 0.15) is 25.3 Å². The first-order valence-electron chi connectivity index (χ1n) is 10.5. The maximum Gasteiger partial charge on any atom is 0.193 e. The summed E-state index contributed by atoms with van der Waals surface area (Å²) < 4.78 is 5.44. The standard InChI is InChI=1S/C22H36N4O.HI/c1-19(18-25-12-14-27-15-13-25)17-24-22(23-2)26-10-8-21(9-11-26)16-20-6-4-3-5-7-20;/h3-7,19,21H,8-18H2,1-2H3,(H,23,24);1H. The summed E-state index contributed by atoms with van der Waals surface area (Å²) >= 11 is 0. The van der Waals surface area contributed by atoms with Crippen LogP contribution < -0.4 is 5.32 Å². The summed E-state index contributed by atoms with van der Waals surface area (Å²) in [4.78, 5) is 9.48. The Balaban J connectivity index is 0.00000280. The molecule has 2 aliphatic heterocycles. The molecule has 0 amide bonds. The topological polar surface area (TPSA) is 40.1 Å². The van der Waals surface area contributed by atoms with E-state index in [2.05, 4.69) is 57.4 Å². The van der Waals surface area contributed by atoms with Gasteiger partial charge in [-0.05, 0) is 36.7 Å². The number of halogens is 1. The molecule has 0 saturated carbocycles. The van der Waals surface area contributed by atoms with Gasteiger partial charge in [-0.3, -0.25) is 9.89 Å². The average molecular weight is 500 g/mol. The van der Waals surface area contributed by atoms with Gasteiger partial charge in [0.1, 0.15) is 0 Å². The van der Waals surface area contributed by atoms with Crippen molar-refractivity contribution in [1.29, 1.82) is 0 Å². The van der Waals surface area contributed by atoms with Gasteiger partial charge >= 0.3 is 0 Å². The molecule has 6 heteroatoms. The summed E-state index contributed by atoms with van der Waals surface area (Å²) in [5.41, 5.74) is 1.47. The zero-order valence-electron chi connectivity index (χ0n) is 17.5. The van der Waals surface area contributed by atoms with Gasteiger partial charge in [0, 0.05) is 46.3 Å². The van der Waals surface area contributed by atoms with Gasteiger partial charge in [-0.1, -0.05) is 37.3 Å². The average Bonchev–Trinajstić information content (AvgIpc) is 2.71. The maximum atomic E-state index is 5.44. The van der Waals surface area contributed by atoms with Crippen LogP contribution in [0.15, 0.2) is 35.3 Å². The molecule has 0 radical (unpaired) electrons. The first-order chi connectivity index (χ1) is 13.2. The summed E-state index contributed by atoms with van der Waals surface area (Å²) in [6, 6.07) is 10.9. The van der Waals surface area contributed by atoms with Gasteiger partial charge < -0.3 is 15.0 Å². The van der Waals surface area contributed by atoms with Crippen LogP contribution in [0, 0.1) is 11.8 Å². The van der Waals surface area contributed by atoms with Crippen LogP contribution in [0.3, 0.4) is 0 Å².